The van der Waals surface area contributed by atoms with Gasteiger partial charge in [-0.25, -0.2) is 0 Å². The number of methoxy groups -OCH3 is 1. The van der Waals surface area contributed by atoms with E-state index in [4.69, 9.17) is 27.9 Å². The molecule has 3 fully saturated rings. The first-order valence-electron chi connectivity index (χ1n) is 10.1. The smallest absolute Gasteiger partial charge is 0.338 e. The Balaban J connectivity index is 1.58. The second-order valence-electron chi connectivity index (χ2n) is 7.83. The predicted octanol–water partition coefficient (Wildman–Crippen LogP) is 0.877. The predicted molar refractivity (Wildman–Crippen MR) is 106 cm³/mol. The van der Waals surface area contributed by atoms with Gasteiger partial charge in [0, 0.05) is 25.6 Å². The van der Waals surface area contributed by atoms with E-state index in [0.717, 1.165) is 9.87 Å². The first kappa shape index (κ1) is 22.4. The van der Waals surface area contributed by atoms with Crippen LogP contribution in [-0.4, -0.2) is 77.5 Å². The van der Waals surface area contributed by atoms with Gasteiger partial charge in [0.15, 0.2) is 6.29 Å². The highest BCUT2D eigenvalue weighted by atomic mass is 32.2. The van der Waals surface area contributed by atoms with Gasteiger partial charge in [0.25, 0.3) is 0 Å². The molecule has 0 bridgehead atoms. The third-order valence-electron chi connectivity index (χ3n) is 5.73. The molecule has 1 aromatic carbocycles. The van der Waals surface area contributed by atoms with E-state index in [1.165, 1.54) is 14.1 Å². The van der Waals surface area contributed by atoms with Crippen molar-refractivity contribution < 1.29 is 41.1 Å². The maximum absolute atomic E-state index is 12.5. The normalized spacial score (nSPS) is 34.5. The van der Waals surface area contributed by atoms with Crippen molar-refractivity contribution in [2.24, 2.45) is 11.8 Å². The van der Waals surface area contributed by atoms with Crippen LogP contribution >= 0.6 is 0 Å². The van der Waals surface area contributed by atoms with Crippen LogP contribution in [0.25, 0.3) is 0 Å². The summed E-state index contributed by atoms with van der Waals surface area (Å²) in [7, 11) is 0.315. The fourth-order valence-electron chi connectivity index (χ4n) is 4.06. The zero-order valence-electron chi connectivity index (χ0n) is 17.8. The molecule has 0 aromatic heterocycles. The Morgan fingerprint density at radius 2 is 1.87 bits per heavy atom. The number of carbonyl (C=O) groups is 1. The molecular formula is C20H27NO9S. The van der Waals surface area contributed by atoms with Crippen molar-refractivity contribution in [2.45, 2.75) is 37.6 Å². The molecule has 31 heavy (non-hydrogen) atoms. The highest BCUT2D eigenvalue weighted by molar-refractivity contribution is 7.84. The largest absolute Gasteiger partial charge is 0.497 e. The third-order valence-corrected chi connectivity index (χ3v) is 7.09. The van der Waals surface area contributed by atoms with Crippen LogP contribution in [0.3, 0.4) is 0 Å². The summed E-state index contributed by atoms with van der Waals surface area (Å²) in [6.07, 6.45) is -3.45. The van der Waals surface area contributed by atoms with E-state index in [1.807, 2.05) is 0 Å². The number of fused-ring (bicyclic) bond motifs is 2. The first-order valence-corrected chi connectivity index (χ1v) is 11.5. The van der Waals surface area contributed by atoms with Gasteiger partial charge >= 0.3 is 16.3 Å². The molecule has 5 unspecified atom stereocenters. The van der Waals surface area contributed by atoms with E-state index >= 15 is 0 Å². The second-order valence-corrected chi connectivity index (χ2v) is 9.61. The average molecular weight is 458 g/mol. The number of hydrogen-bond donors (Lipinski definition) is 0. The summed E-state index contributed by atoms with van der Waals surface area (Å²) in [6, 6.07) is 7.18. The zero-order valence-corrected chi connectivity index (χ0v) is 18.6. The lowest BCUT2D eigenvalue weighted by Crippen LogP contribution is -2.55. The van der Waals surface area contributed by atoms with E-state index in [9.17, 15) is 13.2 Å². The molecule has 11 heteroatoms. The summed E-state index contributed by atoms with van der Waals surface area (Å²) in [5, 5.41) is 0. The molecule has 1 aromatic rings. The molecule has 4 rings (SSSR count). The molecule has 1 saturated carbocycles. The number of hydrogen-bond acceptors (Lipinski definition) is 9. The van der Waals surface area contributed by atoms with Crippen molar-refractivity contribution in [3.8, 4) is 5.75 Å². The average Bonchev–Trinajstić information content (AvgIpc) is 3.47. The van der Waals surface area contributed by atoms with Crippen LogP contribution in [-0.2, 0) is 38.2 Å². The highest BCUT2D eigenvalue weighted by Crippen LogP contribution is 2.54. The number of nitrogens with zero attached hydrogens (tertiary/aromatic N) is 1. The molecule has 0 amide bonds. The lowest BCUT2D eigenvalue weighted by Gasteiger charge is -2.42. The molecule has 0 radical (unpaired) electrons. The summed E-state index contributed by atoms with van der Waals surface area (Å²) < 4.78 is 59.8. The minimum Gasteiger partial charge on any atom is -0.497 e. The molecule has 2 heterocycles. The summed E-state index contributed by atoms with van der Waals surface area (Å²) >= 11 is 0. The van der Waals surface area contributed by atoms with Crippen molar-refractivity contribution in [1.29, 1.82) is 0 Å². The summed E-state index contributed by atoms with van der Waals surface area (Å²) in [6.45, 7) is 2.11. The standard InChI is InChI=1S/C20H27NO9S/c1-5-26-19(22)15-14-17(15)28-13-10-27-20(11-6-8-12(25-4)9-7-11)29-16(13)18(14)30-31(23,24)21(2)3/h6-9,13-18,20H,5,10H2,1-4H3/t13?,14?,15-,16?,17?,18+,20?/m0/s1. The maximum Gasteiger partial charge on any atom is 0.338 e. The van der Waals surface area contributed by atoms with Crippen LogP contribution in [0.2, 0.25) is 0 Å². The van der Waals surface area contributed by atoms with Gasteiger partial charge in [0.05, 0.1) is 32.3 Å². The van der Waals surface area contributed by atoms with Crippen molar-refractivity contribution >= 4 is 16.3 Å². The molecule has 172 valence electrons. The van der Waals surface area contributed by atoms with Crippen LogP contribution < -0.4 is 4.74 Å². The fourth-order valence-corrected chi connectivity index (χ4v) is 4.75. The molecule has 10 nitrogen and oxygen atoms in total. The Kier molecular flexibility index (Phi) is 6.25. The van der Waals surface area contributed by atoms with E-state index in [-0.39, 0.29) is 13.2 Å². The van der Waals surface area contributed by atoms with Crippen molar-refractivity contribution in [1.82, 2.24) is 4.31 Å². The first-order chi connectivity index (χ1) is 14.8. The molecule has 0 N–H and O–H groups in total. The number of benzene rings is 1. The zero-order chi connectivity index (χ0) is 22.3. The van der Waals surface area contributed by atoms with Gasteiger partial charge in [-0.15, -0.1) is 0 Å². The molecule has 0 spiro atoms. The van der Waals surface area contributed by atoms with Gasteiger partial charge in [0.2, 0.25) is 0 Å². The topological polar surface area (TPSA) is 110 Å². The number of esters is 1. The van der Waals surface area contributed by atoms with Crippen LogP contribution in [0, 0.1) is 11.8 Å². The summed E-state index contributed by atoms with van der Waals surface area (Å²) in [4.78, 5) is 12.4. The van der Waals surface area contributed by atoms with E-state index in [0.29, 0.717) is 5.75 Å². The summed E-state index contributed by atoms with van der Waals surface area (Å²) in [5.41, 5.74) is 0.744. The van der Waals surface area contributed by atoms with Gasteiger partial charge in [-0.3, -0.25) is 8.98 Å². The highest BCUT2D eigenvalue weighted by Gasteiger charge is 2.69. The SMILES string of the molecule is CCOC(=O)[C@@H]1C2OC3COC(c4ccc(OC)cc4)OC3[C@H](OS(=O)(=O)N(C)C)C21. The lowest BCUT2D eigenvalue weighted by atomic mass is 9.99. The van der Waals surface area contributed by atoms with Crippen LogP contribution in [0.1, 0.15) is 18.8 Å². The van der Waals surface area contributed by atoms with Crippen molar-refractivity contribution in [3.63, 3.8) is 0 Å². The van der Waals surface area contributed by atoms with E-state index < -0.39 is 58.8 Å². The van der Waals surface area contributed by atoms with Crippen molar-refractivity contribution in [3.05, 3.63) is 29.8 Å². The molecule has 1 aliphatic carbocycles. The van der Waals surface area contributed by atoms with Crippen molar-refractivity contribution in [2.75, 3.05) is 34.4 Å². The third kappa shape index (κ3) is 4.30. The second kappa shape index (κ2) is 8.64. The van der Waals surface area contributed by atoms with Crippen LogP contribution in [0.15, 0.2) is 24.3 Å². The number of carbonyl (C=O) groups excluding carboxylic acids is 1. The van der Waals surface area contributed by atoms with Gasteiger partial charge < -0.3 is 23.7 Å². The monoisotopic (exact) mass is 457 g/mol. The lowest BCUT2D eigenvalue weighted by molar-refractivity contribution is -0.297. The van der Waals surface area contributed by atoms with E-state index in [1.54, 1.807) is 38.3 Å². The Morgan fingerprint density at radius 3 is 2.48 bits per heavy atom. The Bertz CT molecular complexity index is 904. The van der Waals surface area contributed by atoms with Gasteiger partial charge in [-0.05, 0) is 19.1 Å². The molecule has 3 aliphatic rings. The number of ether oxygens (including phenoxy) is 5. The van der Waals surface area contributed by atoms with Crippen LogP contribution in [0.4, 0.5) is 0 Å². The van der Waals surface area contributed by atoms with Crippen LogP contribution in [0.5, 0.6) is 5.75 Å². The molecule has 2 aliphatic heterocycles. The van der Waals surface area contributed by atoms with Gasteiger partial charge in [-0.1, -0.05) is 12.1 Å². The molecule has 2 saturated heterocycles. The minimum atomic E-state index is -4.02. The summed E-state index contributed by atoms with van der Waals surface area (Å²) in [5.74, 6) is -0.824. The Labute approximate surface area is 181 Å². The van der Waals surface area contributed by atoms with Gasteiger partial charge in [-0.2, -0.15) is 12.7 Å². The quantitative estimate of drug-likeness (QED) is 0.551. The fraction of sp³-hybridized carbons (Fsp3) is 0.650. The number of rotatable bonds is 7. The Hall–Kier alpha value is -1.76. The molecular weight excluding hydrogens is 430 g/mol. The van der Waals surface area contributed by atoms with E-state index in [2.05, 4.69) is 0 Å². The molecule has 7 atom stereocenters. The minimum absolute atomic E-state index is 0.169. The van der Waals surface area contributed by atoms with Gasteiger partial charge in [0.1, 0.15) is 24.1 Å². The Morgan fingerprint density at radius 1 is 1.16 bits per heavy atom. The maximum atomic E-state index is 12.5.